The molecule has 1 N–H and O–H groups in total. The first-order valence-electron chi connectivity index (χ1n) is 5.74. The zero-order valence-corrected chi connectivity index (χ0v) is 11.1. The van der Waals surface area contributed by atoms with E-state index in [2.05, 4.69) is 10.3 Å². The first kappa shape index (κ1) is 13.4. The summed E-state index contributed by atoms with van der Waals surface area (Å²) in [7, 11) is 0. The molecule has 1 aromatic carbocycles. The molecule has 1 amide bonds. The average Bonchev–Trinajstić information content (AvgIpc) is 2.38. The topological polar surface area (TPSA) is 51.2 Å². The Hall–Kier alpha value is -2.07. The molecule has 98 valence electrons. The van der Waals surface area contributed by atoms with Crippen LogP contribution < -0.4 is 10.1 Å². The number of benzene rings is 1. The number of nitrogens with zero attached hydrogens (tertiary/aromatic N) is 1. The highest BCUT2D eigenvalue weighted by atomic mass is 35.5. The van der Waals surface area contributed by atoms with E-state index < -0.39 is 0 Å². The van der Waals surface area contributed by atoms with Gasteiger partial charge in [0.2, 0.25) is 0 Å². The molecule has 0 spiro atoms. The van der Waals surface area contributed by atoms with Crippen molar-refractivity contribution in [2.75, 3.05) is 11.9 Å². The largest absolute Gasteiger partial charge is 0.484 e. The molecule has 2 rings (SSSR count). The van der Waals surface area contributed by atoms with Gasteiger partial charge in [-0.3, -0.25) is 9.78 Å². The van der Waals surface area contributed by atoms with Crippen LogP contribution in [0.2, 0.25) is 5.02 Å². The normalized spacial score (nSPS) is 10.0. The molecule has 2 aromatic rings. The van der Waals surface area contributed by atoms with Gasteiger partial charge in [0.1, 0.15) is 5.75 Å². The van der Waals surface area contributed by atoms with Crippen LogP contribution in [0.25, 0.3) is 0 Å². The van der Waals surface area contributed by atoms with E-state index >= 15 is 0 Å². The standard InChI is InChI=1S/C14H13ClN2O2/c1-10-8-12(6-7-16-10)17-14(18)9-19-13-4-2-11(15)3-5-13/h2-8H,9H2,1H3,(H,16,17,18). The van der Waals surface area contributed by atoms with Gasteiger partial charge in [0.25, 0.3) is 5.91 Å². The summed E-state index contributed by atoms with van der Waals surface area (Å²) in [4.78, 5) is 15.7. The summed E-state index contributed by atoms with van der Waals surface area (Å²) in [6.45, 7) is 1.81. The Bertz CT molecular complexity index is 570. The molecule has 0 saturated carbocycles. The van der Waals surface area contributed by atoms with E-state index in [4.69, 9.17) is 16.3 Å². The van der Waals surface area contributed by atoms with Crippen molar-refractivity contribution in [3.63, 3.8) is 0 Å². The molecule has 0 radical (unpaired) electrons. The number of pyridine rings is 1. The first-order chi connectivity index (χ1) is 9.13. The van der Waals surface area contributed by atoms with Gasteiger partial charge in [-0.2, -0.15) is 0 Å². The van der Waals surface area contributed by atoms with Gasteiger partial charge in [-0.25, -0.2) is 0 Å². The van der Waals surface area contributed by atoms with Crippen LogP contribution >= 0.6 is 11.6 Å². The molecule has 0 aliphatic carbocycles. The lowest BCUT2D eigenvalue weighted by atomic mass is 10.3. The summed E-state index contributed by atoms with van der Waals surface area (Å²) >= 11 is 5.76. The minimum Gasteiger partial charge on any atom is -0.484 e. The van der Waals surface area contributed by atoms with Crippen molar-refractivity contribution in [1.82, 2.24) is 4.98 Å². The lowest BCUT2D eigenvalue weighted by Gasteiger charge is -2.07. The average molecular weight is 277 g/mol. The fraction of sp³-hybridized carbons (Fsp3) is 0.143. The number of anilines is 1. The van der Waals surface area contributed by atoms with Crippen LogP contribution in [0.5, 0.6) is 5.75 Å². The predicted molar refractivity (Wildman–Crippen MR) is 74.6 cm³/mol. The third-order valence-corrected chi connectivity index (χ3v) is 2.62. The maximum Gasteiger partial charge on any atom is 0.262 e. The minimum absolute atomic E-state index is 0.0526. The molecule has 0 fully saturated rings. The molecule has 0 aliphatic heterocycles. The quantitative estimate of drug-likeness (QED) is 0.934. The highest BCUT2D eigenvalue weighted by Gasteiger charge is 2.04. The van der Waals surface area contributed by atoms with Gasteiger partial charge in [-0.05, 0) is 43.3 Å². The highest BCUT2D eigenvalue weighted by Crippen LogP contribution is 2.15. The number of nitrogens with one attached hydrogen (secondary N) is 1. The molecule has 0 saturated heterocycles. The molecule has 0 unspecified atom stereocenters. The lowest BCUT2D eigenvalue weighted by molar-refractivity contribution is -0.118. The van der Waals surface area contributed by atoms with E-state index in [-0.39, 0.29) is 12.5 Å². The van der Waals surface area contributed by atoms with Crippen LogP contribution in [0.1, 0.15) is 5.69 Å². The number of aromatic nitrogens is 1. The van der Waals surface area contributed by atoms with E-state index in [0.717, 1.165) is 5.69 Å². The number of hydrogen-bond acceptors (Lipinski definition) is 3. The molecule has 0 aliphatic rings. The fourth-order valence-electron chi connectivity index (χ4n) is 1.50. The van der Waals surface area contributed by atoms with Gasteiger partial charge in [0.05, 0.1) is 0 Å². The summed E-state index contributed by atoms with van der Waals surface area (Å²) in [6, 6.07) is 10.4. The number of halogens is 1. The van der Waals surface area contributed by atoms with Crippen LogP contribution in [0, 0.1) is 6.92 Å². The summed E-state index contributed by atoms with van der Waals surface area (Å²) in [5.74, 6) is 0.381. The van der Waals surface area contributed by atoms with Crippen molar-refractivity contribution >= 4 is 23.2 Å². The van der Waals surface area contributed by atoms with Gasteiger partial charge in [0.15, 0.2) is 6.61 Å². The van der Waals surface area contributed by atoms with Gasteiger partial charge >= 0.3 is 0 Å². The van der Waals surface area contributed by atoms with E-state index in [0.29, 0.717) is 16.5 Å². The lowest BCUT2D eigenvalue weighted by Crippen LogP contribution is -2.20. The van der Waals surface area contributed by atoms with Crippen LogP contribution in [-0.4, -0.2) is 17.5 Å². The Balaban J connectivity index is 1.86. The second-order valence-corrected chi connectivity index (χ2v) is 4.41. The maximum atomic E-state index is 11.7. The first-order valence-corrected chi connectivity index (χ1v) is 6.12. The molecular formula is C14H13ClN2O2. The van der Waals surface area contributed by atoms with Crippen LogP contribution in [-0.2, 0) is 4.79 Å². The van der Waals surface area contributed by atoms with E-state index in [1.807, 2.05) is 6.92 Å². The number of rotatable bonds is 4. The van der Waals surface area contributed by atoms with E-state index in [1.54, 1.807) is 42.6 Å². The van der Waals surface area contributed by atoms with Gasteiger partial charge in [0, 0.05) is 22.6 Å². The van der Waals surface area contributed by atoms with Crippen molar-refractivity contribution in [3.05, 3.63) is 53.3 Å². The van der Waals surface area contributed by atoms with Crippen molar-refractivity contribution in [1.29, 1.82) is 0 Å². The van der Waals surface area contributed by atoms with Crippen molar-refractivity contribution in [2.24, 2.45) is 0 Å². The number of ether oxygens (including phenoxy) is 1. The Morgan fingerprint density at radius 1 is 1.32 bits per heavy atom. The summed E-state index contributed by atoms with van der Waals surface area (Å²) in [5, 5.41) is 3.36. The van der Waals surface area contributed by atoms with Crippen LogP contribution in [0.4, 0.5) is 5.69 Å². The Morgan fingerprint density at radius 3 is 2.74 bits per heavy atom. The third kappa shape index (κ3) is 4.26. The minimum atomic E-state index is -0.222. The molecule has 4 nitrogen and oxygen atoms in total. The van der Waals surface area contributed by atoms with Crippen molar-refractivity contribution < 1.29 is 9.53 Å². The van der Waals surface area contributed by atoms with Gasteiger partial charge in [-0.15, -0.1) is 0 Å². The van der Waals surface area contributed by atoms with Gasteiger partial charge < -0.3 is 10.1 Å². The molecule has 1 heterocycles. The number of amides is 1. The van der Waals surface area contributed by atoms with Gasteiger partial charge in [-0.1, -0.05) is 11.6 Å². The van der Waals surface area contributed by atoms with Crippen molar-refractivity contribution in [2.45, 2.75) is 6.92 Å². The highest BCUT2D eigenvalue weighted by molar-refractivity contribution is 6.30. The second kappa shape index (κ2) is 6.20. The molecule has 0 bridgehead atoms. The molecule has 1 aromatic heterocycles. The number of carbonyl (C=O) groups is 1. The summed E-state index contributed by atoms with van der Waals surface area (Å²) < 4.78 is 5.34. The summed E-state index contributed by atoms with van der Waals surface area (Å²) in [6.07, 6.45) is 1.64. The zero-order valence-electron chi connectivity index (χ0n) is 10.4. The third-order valence-electron chi connectivity index (χ3n) is 2.36. The number of aryl methyl sites for hydroxylation is 1. The zero-order chi connectivity index (χ0) is 13.7. The van der Waals surface area contributed by atoms with Crippen LogP contribution in [0.3, 0.4) is 0 Å². The fourth-order valence-corrected chi connectivity index (χ4v) is 1.63. The second-order valence-electron chi connectivity index (χ2n) is 3.98. The smallest absolute Gasteiger partial charge is 0.262 e. The molecule has 19 heavy (non-hydrogen) atoms. The predicted octanol–water partition coefficient (Wildman–Crippen LogP) is 3.06. The molecular weight excluding hydrogens is 264 g/mol. The summed E-state index contributed by atoms with van der Waals surface area (Å²) in [5.41, 5.74) is 1.55. The number of carbonyl (C=O) groups excluding carboxylic acids is 1. The Morgan fingerprint density at radius 2 is 2.05 bits per heavy atom. The van der Waals surface area contributed by atoms with E-state index in [9.17, 15) is 4.79 Å². The Kier molecular flexibility index (Phi) is 4.36. The molecule has 5 heteroatoms. The van der Waals surface area contributed by atoms with Crippen LogP contribution in [0.15, 0.2) is 42.6 Å². The van der Waals surface area contributed by atoms with E-state index in [1.165, 1.54) is 0 Å². The molecule has 0 atom stereocenters. The SMILES string of the molecule is Cc1cc(NC(=O)COc2ccc(Cl)cc2)ccn1. The Labute approximate surface area is 116 Å². The maximum absolute atomic E-state index is 11.7. The monoisotopic (exact) mass is 276 g/mol. The van der Waals surface area contributed by atoms with Crippen molar-refractivity contribution in [3.8, 4) is 5.75 Å². The number of hydrogen-bond donors (Lipinski definition) is 1.